The first kappa shape index (κ1) is 12.0. The van der Waals surface area contributed by atoms with Gasteiger partial charge in [-0.05, 0) is 39.5 Å². The lowest BCUT2D eigenvalue weighted by molar-refractivity contribution is -0.0650. The molecule has 0 saturated carbocycles. The average Bonchev–Trinajstić information content (AvgIpc) is 1.49. The summed E-state index contributed by atoms with van der Waals surface area (Å²) < 4.78 is 5.81. The van der Waals surface area contributed by atoms with Crippen LogP contribution in [0.5, 0.6) is 0 Å². The molecule has 0 saturated heterocycles. The van der Waals surface area contributed by atoms with Gasteiger partial charge in [-0.1, -0.05) is 20.8 Å². The number of ether oxygens (including phenoxy) is 1. The van der Waals surface area contributed by atoms with E-state index in [2.05, 4.69) is 48.5 Å². The van der Waals surface area contributed by atoms with Crippen molar-refractivity contribution in [2.24, 2.45) is 5.41 Å². The average molecular weight is 172 g/mol. The third kappa shape index (κ3) is 8.06. The van der Waals surface area contributed by atoms with Crippen LogP contribution >= 0.6 is 0 Å². The van der Waals surface area contributed by atoms with Gasteiger partial charge < -0.3 is 4.74 Å². The van der Waals surface area contributed by atoms with Gasteiger partial charge in [-0.3, -0.25) is 0 Å². The molecule has 0 aromatic carbocycles. The Hall–Kier alpha value is -0.0400. The molecule has 1 unspecified atom stereocenters. The minimum atomic E-state index is -0.00926. The Morgan fingerprint density at radius 2 is 1.42 bits per heavy atom. The first-order valence-corrected chi connectivity index (χ1v) is 4.78. The highest BCUT2D eigenvalue weighted by Gasteiger charge is 2.20. The van der Waals surface area contributed by atoms with Crippen molar-refractivity contribution < 1.29 is 4.74 Å². The fourth-order valence-corrected chi connectivity index (χ4v) is 1.51. The minimum absolute atomic E-state index is 0.00926. The summed E-state index contributed by atoms with van der Waals surface area (Å²) in [6, 6.07) is 0. The molecule has 0 aliphatic carbocycles. The van der Waals surface area contributed by atoms with E-state index in [9.17, 15) is 0 Å². The zero-order valence-electron chi connectivity index (χ0n) is 9.69. The van der Waals surface area contributed by atoms with E-state index < -0.39 is 0 Å². The second kappa shape index (κ2) is 3.78. The molecule has 0 fully saturated rings. The third-order valence-corrected chi connectivity index (χ3v) is 1.45. The Balaban J connectivity index is 3.83. The molecule has 1 atom stereocenters. The Bertz CT molecular complexity index is 109. The molecule has 0 aliphatic heterocycles. The lowest BCUT2D eigenvalue weighted by Crippen LogP contribution is -2.28. The normalized spacial score (nSPS) is 16.2. The molecule has 0 amide bonds. The first-order chi connectivity index (χ1) is 5.10. The summed E-state index contributed by atoms with van der Waals surface area (Å²) in [5.41, 5.74) is 0.356. The number of hydrogen-bond acceptors (Lipinski definition) is 1. The number of rotatable bonds is 2. The van der Waals surface area contributed by atoms with E-state index in [-0.39, 0.29) is 5.60 Å². The van der Waals surface area contributed by atoms with Crippen LogP contribution in [-0.2, 0) is 4.74 Å². The van der Waals surface area contributed by atoms with Gasteiger partial charge >= 0.3 is 0 Å². The van der Waals surface area contributed by atoms with Gasteiger partial charge in [0, 0.05) is 0 Å². The van der Waals surface area contributed by atoms with Crippen LogP contribution in [-0.4, -0.2) is 11.7 Å². The van der Waals surface area contributed by atoms with E-state index in [1.165, 1.54) is 0 Å². The van der Waals surface area contributed by atoms with Crippen molar-refractivity contribution in [1.82, 2.24) is 0 Å². The highest BCUT2D eigenvalue weighted by molar-refractivity contribution is 4.69. The molecule has 74 valence electrons. The van der Waals surface area contributed by atoms with Crippen LogP contribution in [0.25, 0.3) is 0 Å². The summed E-state index contributed by atoms with van der Waals surface area (Å²) in [7, 11) is 0. The molecule has 12 heavy (non-hydrogen) atoms. The van der Waals surface area contributed by atoms with Crippen molar-refractivity contribution in [2.45, 2.75) is 66.6 Å². The summed E-state index contributed by atoms with van der Waals surface area (Å²) in [4.78, 5) is 0. The van der Waals surface area contributed by atoms with Gasteiger partial charge in [-0.25, -0.2) is 0 Å². The molecule has 0 N–H and O–H groups in total. The Morgan fingerprint density at radius 1 is 1.00 bits per heavy atom. The highest BCUT2D eigenvalue weighted by Crippen LogP contribution is 2.24. The van der Waals surface area contributed by atoms with Gasteiger partial charge in [0.15, 0.2) is 0 Å². The molecule has 1 heteroatoms. The maximum absolute atomic E-state index is 5.81. The smallest absolute Gasteiger partial charge is 0.0602 e. The van der Waals surface area contributed by atoms with Crippen LogP contribution in [0.15, 0.2) is 0 Å². The van der Waals surface area contributed by atoms with Crippen molar-refractivity contribution in [3.63, 3.8) is 0 Å². The minimum Gasteiger partial charge on any atom is -0.373 e. The Kier molecular flexibility index (Phi) is 3.77. The molecule has 0 heterocycles. The molecule has 0 spiro atoms. The lowest BCUT2D eigenvalue weighted by Gasteiger charge is -2.29. The third-order valence-electron chi connectivity index (χ3n) is 1.45. The van der Waals surface area contributed by atoms with E-state index in [0.717, 1.165) is 6.42 Å². The van der Waals surface area contributed by atoms with E-state index >= 15 is 0 Å². The molecule has 0 aromatic heterocycles. The van der Waals surface area contributed by atoms with Gasteiger partial charge in [-0.15, -0.1) is 0 Å². The van der Waals surface area contributed by atoms with Crippen LogP contribution < -0.4 is 0 Å². The van der Waals surface area contributed by atoms with Gasteiger partial charge in [0.2, 0.25) is 0 Å². The van der Waals surface area contributed by atoms with Crippen LogP contribution in [0.2, 0.25) is 0 Å². The standard InChI is InChI=1S/C11H24O/c1-9(8-10(2,3)4)12-11(5,6)7/h9H,8H2,1-7H3. The second-order valence-corrected chi connectivity index (χ2v) is 5.81. The number of hydrogen-bond donors (Lipinski definition) is 0. The van der Waals surface area contributed by atoms with Gasteiger partial charge in [0.1, 0.15) is 0 Å². The van der Waals surface area contributed by atoms with Crippen molar-refractivity contribution in [3.05, 3.63) is 0 Å². The van der Waals surface area contributed by atoms with Crippen LogP contribution in [0, 0.1) is 5.41 Å². The maximum atomic E-state index is 5.81. The van der Waals surface area contributed by atoms with Crippen LogP contribution in [0.4, 0.5) is 0 Å². The zero-order chi connectivity index (χ0) is 9.99. The van der Waals surface area contributed by atoms with E-state index in [4.69, 9.17) is 4.74 Å². The molecular formula is C11H24O. The molecular weight excluding hydrogens is 148 g/mol. The van der Waals surface area contributed by atoms with Crippen molar-refractivity contribution >= 4 is 0 Å². The fourth-order valence-electron chi connectivity index (χ4n) is 1.51. The summed E-state index contributed by atoms with van der Waals surface area (Å²) in [6.45, 7) is 15.2. The molecule has 0 aliphatic rings. The monoisotopic (exact) mass is 172 g/mol. The maximum Gasteiger partial charge on any atom is 0.0602 e. The van der Waals surface area contributed by atoms with E-state index in [1.807, 2.05) is 0 Å². The van der Waals surface area contributed by atoms with Crippen molar-refractivity contribution in [2.75, 3.05) is 0 Å². The SMILES string of the molecule is CC(CC(C)(C)C)OC(C)(C)C. The van der Waals surface area contributed by atoms with Crippen molar-refractivity contribution in [3.8, 4) is 0 Å². The van der Waals surface area contributed by atoms with Crippen molar-refractivity contribution in [1.29, 1.82) is 0 Å². The Labute approximate surface area is 77.5 Å². The summed E-state index contributed by atoms with van der Waals surface area (Å²) >= 11 is 0. The van der Waals surface area contributed by atoms with E-state index in [1.54, 1.807) is 0 Å². The summed E-state index contributed by atoms with van der Waals surface area (Å²) in [5.74, 6) is 0. The zero-order valence-corrected chi connectivity index (χ0v) is 9.69. The Morgan fingerprint density at radius 3 is 1.67 bits per heavy atom. The molecule has 0 bridgehead atoms. The highest BCUT2D eigenvalue weighted by atomic mass is 16.5. The van der Waals surface area contributed by atoms with Gasteiger partial charge in [0.05, 0.1) is 11.7 Å². The summed E-state index contributed by atoms with van der Waals surface area (Å²) in [5, 5.41) is 0. The molecule has 1 nitrogen and oxygen atoms in total. The van der Waals surface area contributed by atoms with Crippen LogP contribution in [0.3, 0.4) is 0 Å². The van der Waals surface area contributed by atoms with Crippen LogP contribution in [0.1, 0.15) is 54.9 Å². The molecule has 0 aromatic rings. The topological polar surface area (TPSA) is 9.23 Å². The van der Waals surface area contributed by atoms with E-state index in [0.29, 0.717) is 11.5 Å². The summed E-state index contributed by atoms with van der Waals surface area (Å²) in [6.07, 6.45) is 1.47. The second-order valence-electron chi connectivity index (χ2n) is 5.81. The van der Waals surface area contributed by atoms with Gasteiger partial charge in [0.25, 0.3) is 0 Å². The predicted octanol–water partition coefficient (Wildman–Crippen LogP) is 3.63. The molecule has 0 rings (SSSR count). The lowest BCUT2D eigenvalue weighted by atomic mass is 9.89. The molecule has 0 radical (unpaired) electrons. The predicted molar refractivity (Wildman–Crippen MR) is 54.4 cm³/mol. The fraction of sp³-hybridized carbons (Fsp3) is 1.00. The quantitative estimate of drug-likeness (QED) is 0.618. The van der Waals surface area contributed by atoms with Gasteiger partial charge in [-0.2, -0.15) is 0 Å². The first-order valence-electron chi connectivity index (χ1n) is 4.78. The largest absolute Gasteiger partial charge is 0.373 e.